The van der Waals surface area contributed by atoms with Gasteiger partial charge in [-0.3, -0.25) is 4.99 Å². The van der Waals surface area contributed by atoms with E-state index >= 15 is 0 Å². The average molecular weight is 207 g/mol. The molecule has 0 atom stereocenters. The molecular weight excluding hydrogens is 190 g/mol. The second-order valence-electron chi connectivity index (χ2n) is 3.18. The molecular formula is C11H17NOSi. The summed E-state index contributed by atoms with van der Waals surface area (Å²) in [6.07, 6.45) is 0. The fraction of sp³-hybridized carbons (Fsp3) is 0.364. The monoisotopic (exact) mass is 207 g/mol. The zero-order valence-electron chi connectivity index (χ0n) is 8.86. The molecule has 0 aromatic heterocycles. The number of hydrogen-bond donors (Lipinski definition) is 0. The SMILES string of the molecule is CO[SiH2]CCN=C(C)c1ccccc1. The largest absolute Gasteiger partial charge is 0.427 e. The molecule has 0 N–H and O–H groups in total. The van der Waals surface area contributed by atoms with Gasteiger partial charge in [0.25, 0.3) is 0 Å². The van der Waals surface area contributed by atoms with Gasteiger partial charge in [0.15, 0.2) is 9.76 Å². The smallest absolute Gasteiger partial charge is 0.162 e. The molecule has 0 radical (unpaired) electrons. The Bertz CT molecular complexity index is 285. The number of rotatable bonds is 5. The van der Waals surface area contributed by atoms with E-state index in [0.29, 0.717) is 0 Å². The molecule has 0 fully saturated rings. The van der Waals surface area contributed by atoms with Crippen LogP contribution in [0.25, 0.3) is 0 Å². The van der Waals surface area contributed by atoms with Gasteiger partial charge < -0.3 is 4.43 Å². The van der Waals surface area contributed by atoms with E-state index < -0.39 is 0 Å². The second-order valence-corrected chi connectivity index (χ2v) is 4.87. The van der Waals surface area contributed by atoms with Gasteiger partial charge in [-0.2, -0.15) is 0 Å². The molecule has 1 aromatic rings. The average Bonchev–Trinajstić information content (AvgIpc) is 2.25. The van der Waals surface area contributed by atoms with Crippen molar-refractivity contribution in [1.29, 1.82) is 0 Å². The van der Waals surface area contributed by atoms with Crippen LogP contribution < -0.4 is 0 Å². The van der Waals surface area contributed by atoms with E-state index in [1.165, 1.54) is 5.56 Å². The van der Waals surface area contributed by atoms with Crippen molar-refractivity contribution in [2.75, 3.05) is 13.7 Å². The first-order valence-corrected chi connectivity index (χ1v) is 6.47. The first-order chi connectivity index (χ1) is 6.84. The normalized spacial score (nSPS) is 12.6. The van der Waals surface area contributed by atoms with Crippen molar-refractivity contribution in [2.24, 2.45) is 4.99 Å². The summed E-state index contributed by atoms with van der Waals surface area (Å²) in [5, 5.41) is 0. The van der Waals surface area contributed by atoms with Crippen LogP contribution >= 0.6 is 0 Å². The van der Waals surface area contributed by atoms with Crippen LogP contribution in [0.2, 0.25) is 6.04 Å². The molecule has 0 saturated carbocycles. The Balaban J connectivity index is 2.44. The predicted octanol–water partition coefficient (Wildman–Crippen LogP) is 1.64. The third kappa shape index (κ3) is 3.85. The van der Waals surface area contributed by atoms with Crippen molar-refractivity contribution in [3.05, 3.63) is 35.9 Å². The van der Waals surface area contributed by atoms with Crippen molar-refractivity contribution >= 4 is 15.5 Å². The van der Waals surface area contributed by atoms with Gasteiger partial charge in [-0.05, 0) is 18.5 Å². The van der Waals surface area contributed by atoms with Crippen LogP contribution in [0.4, 0.5) is 0 Å². The zero-order chi connectivity index (χ0) is 10.2. The fourth-order valence-electron chi connectivity index (χ4n) is 1.23. The van der Waals surface area contributed by atoms with Crippen LogP contribution in [-0.4, -0.2) is 29.1 Å². The fourth-order valence-corrected chi connectivity index (χ4v) is 1.80. The highest BCUT2D eigenvalue weighted by Crippen LogP contribution is 2.00. The molecule has 0 amide bonds. The van der Waals surface area contributed by atoms with Crippen LogP contribution in [0.5, 0.6) is 0 Å². The maximum atomic E-state index is 5.10. The highest BCUT2D eigenvalue weighted by molar-refractivity contribution is 6.27. The lowest BCUT2D eigenvalue weighted by molar-refractivity contribution is 0.441. The molecule has 0 spiro atoms. The minimum absolute atomic E-state index is 0.308. The van der Waals surface area contributed by atoms with Crippen molar-refractivity contribution in [3.63, 3.8) is 0 Å². The van der Waals surface area contributed by atoms with Crippen molar-refractivity contribution in [3.8, 4) is 0 Å². The van der Waals surface area contributed by atoms with Crippen molar-refractivity contribution in [1.82, 2.24) is 0 Å². The van der Waals surface area contributed by atoms with E-state index in [2.05, 4.69) is 24.0 Å². The van der Waals surface area contributed by atoms with Crippen LogP contribution in [0.1, 0.15) is 12.5 Å². The van der Waals surface area contributed by atoms with Crippen LogP contribution in [0.3, 0.4) is 0 Å². The van der Waals surface area contributed by atoms with Gasteiger partial charge in [-0.15, -0.1) is 0 Å². The molecule has 0 aliphatic rings. The molecule has 1 rings (SSSR count). The van der Waals surface area contributed by atoms with Gasteiger partial charge >= 0.3 is 0 Å². The molecule has 14 heavy (non-hydrogen) atoms. The summed E-state index contributed by atoms with van der Waals surface area (Å²) in [4.78, 5) is 4.50. The zero-order valence-corrected chi connectivity index (χ0v) is 10.3. The van der Waals surface area contributed by atoms with E-state index in [9.17, 15) is 0 Å². The van der Waals surface area contributed by atoms with Crippen molar-refractivity contribution < 1.29 is 4.43 Å². The van der Waals surface area contributed by atoms with Crippen molar-refractivity contribution in [2.45, 2.75) is 13.0 Å². The Morgan fingerprint density at radius 1 is 1.36 bits per heavy atom. The van der Waals surface area contributed by atoms with Gasteiger partial charge in [-0.25, -0.2) is 0 Å². The molecule has 76 valence electrons. The van der Waals surface area contributed by atoms with Crippen LogP contribution in [0, 0.1) is 0 Å². The molecule has 3 heteroatoms. The minimum Gasteiger partial charge on any atom is -0.427 e. The standard InChI is InChI=1S/C11H17NOSi/c1-10(12-8-9-14-13-2)11-6-4-3-5-7-11/h3-7H,8-9,14H2,1-2H3. The van der Waals surface area contributed by atoms with E-state index in [4.69, 9.17) is 4.43 Å². The molecule has 0 saturated heterocycles. The first kappa shape index (κ1) is 11.1. The number of aliphatic imine (C=N–C) groups is 1. The van der Waals surface area contributed by atoms with Gasteiger partial charge in [0.05, 0.1) is 0 Å². The maximum absolute atomic E-state index is 5.10. The maximum Gasteiger partial charge on any atom is 0.162 e. The molecule has 1 aromatic carbocycles. The number of benzene rings is 1. The minimum atomic E-state index is -0.308. The summed E-state index contributed by atoms with van der Waals surface area (Å²) in [7, 11) is 1.47. The lowest BCUT2D eigenvalue weighted by atomic mass is 10.1. The second kappa shape index (κ2) is 6.51. The van der Waals surface area contributed by atoms with Crippen LogP contribution in [-0.2, 0) is 4.43 Å². The third-order valence-corrected chi connectivity index (χ3v) is 3.06. The quantitative estimate of drug-likeness (QED) is 0.409. The Morgan fingerprint density at radius 2 is 2.07 bits per heavy atom. The molecule has 0 unspecified atom stereocenters. The van der Waals surface area contributed by atoms with Gasteiger partial charge in [0, 0.05) is 19.4 Å². The van der Waals surface area contributed by atoms with Gasteiger partial charge in [-0.1, -0.05) is 30.3 Å². The third-order valence-electron chi connectivity index (χ3n) is 2.05. The predicted molar refractivity (Wildman–Crippen MR) is 63.9 cm³/mol. The summed E-state index contributed by atoms with van der Waals surface area (Å²) < 4.78 is 5.10. The summed E-state index contributed by atoms with van der Waals surface area (Å²) in [5.41, 5.74) is 2.34. The molecule has 2 nitrogen and oxygen atoms in total. The Kier molecular flexibility index (Phi) is 5.18. The van der Waals surface area contributed by atoms with E-state index in [0.717, 1.165) is 18.3 Å². The molecule has 0 aliphatic carbocycles. The Hall–Kier alpha value is -0.933. The van der Waals surface area contributed by atoms with E-state index in [-0.39, 0.29) is 9.76 Å². The van der Waals surface area contributed by atoms with Gasteiger partial charge in [0.2, 0.25) is 0 Å². The lowest BCUT2D eigenvalue weighted by Gasteiger charge is -2.00. The van der Waals surface area contributed by atoms with E-state index in [1.807, 2.05) is 18.2 Å². The topological polar surface area (TPSA) is 21.6 Å². The Labute approximate surface area is 88.0 Å². The van der Waals surface area contributed by atoms with Gasteiger partial charge in [0.1, 0.15) is 0 Å². The van der Waals surface area contributed by atoms with E-state index in [1.54, 1.807) is 7.11 Å². The Morgan fingerprint density at radius 3 is 2.71 bits per heavy atom. The number of nitrogens with zero attached hydrogens (tertiary/aromatic N) is 1. The molecule has 0 bridgehead atoms. The lowest BCUT2D eigenvalue weighted by Crippen LogP contribution is -1.99. The first-order valence-electron chi connectivity index (χ1n) is 4.90. The summed E-state index contributed by atoms with van der Waals surface area (Å²) in [6, 6.07) is 11.4. The number of hydrogen-bond acceptors (Lipinski definition) is 2. The molecule has 0 aliphatic heterocycles. The summed E-state index contributed by atoms with van der Waals surface area (Å²) >= 11 is 0. The summed E-state index contributed by atoms with van der Waals surface area (Å²) in [5.74, 6) is 0. The summed E-state index contributed by atoms with van der Waals surface area (Å²) in [6.45, 7) is 2.96. The van der Waals surface area contributed by atoms with Crippen LogP contribution in [0.15, 0.2) is 35.3 Å². The molecule has 0 heterocycles. The highest BCUT2D eigenvalue weighted by atomic mass is 28.2. The highest BCUT2D eigenvalue weighted by Gasteiger charge is 1.94.